The van der Waals surface area contributed by atoms with Crippen LogP contribution in [0.15, 0.2) is 24.3 Å². The minimum Gasteiger partial charge on any atom is -0.480 e. The van der Waals surface area contributed by atoms with E-state index in [0.717, 1.165) is 0 Å². The Balaban J connectivity index is 2.73. The molecular formula is C13H17ClN2O3. The van der Waals surface area contributed by atoms with Gasteiger partial charge in [0, 0.05) is 17.3 Å². The molecule has 2 N–H and O–H groups in total. The van der Waals surface area contributed by atoms with Gasteiger partial charge >= 0.3 is 12.0 Å². The number of halogens is 1. The molecule has 0 radical (unpaired) electrons. The highest BCUT2D eigenvalue weighted by Gasteiger charge is 2.17. The molecule has 6 heteroatoms. The lowest BCUT2D eigenvalue weighted by Crippen LogP contribution is -2.40. The molecule has 0 fully saturated rings. The number of carboxylic acid groups (broad SMARTS) is 1. The van der Waals surface area contributed by atoms with Gasteiger partial charge in [-0.15, -0.1) is 0 Å². The lowest BCUT2D eigenvalue weighted by Gasteiger charge is -2.23. The summed E-state index contributed by atoms with van der Waals surface area (Å²) in [6, 6.07) is 6.26. The molecule has 1 rings (SSSR count). The van der Waals surface area contributed by atoms with E-state index in [1.165, 1.54) is 4.90 Å². The van der Waals surface area contributed by atoms with Crippen LogP contribution in [-0.2, 0) is 4.79 Å². The number of carbonyl (C=O) groups excluding carboxylic acids is 1. The smallest absolute Gasteiger partial charge is 0.323 e. The maximum Gasteiger partial charge on any atom is 0.323 e. The summed E-state index contributed by atoms with van der Waals surface area (Å²) in [6.45, 7) is 3.88. The zero-order chi connectivity index (χ0) is 14.4. The Labute approximate surface area is 117 Å². The molecule has 1 aromatic rings. The molecule has 2 amide bonds. The number of urea groups is 1. The first-order valence-electron chi connectivity index (χ1n) is 5.91. The van der Waals surface area contributed by atoms with Gasteiger partial charge < -0.3 is 15.3 Å². The van der Waals surface area contributed by atoms with Crippen LogP contribution in [0.1, 0.15) is 13.8 Å². The summed E-state index contributed by atoms with van der Waals surface area (Å²) in [5.41, 5.74) is 0.539. The fraction of sp³-hybridized carbons (Fsp3) is 0.385. The third-order valence-corrected chi connectivity index (χ3v) is 2.51. The molecular weight excluding hydrogens is 268 g/mol. The van der Waals surface area contributed by atoms with E-state index in [9.17, 15) is 9.59 Å². The Kier molecular flexibility index (Phi) is 5.63. The lowest BCUT2D eigenvalue weighted by atomic mass is 10.2. The molecule has 0 heterocycles. The van der Waals surface area contributed by atoms with Gasteiger partial charge in [0.2, 0.25) is 0 Å². The molecule has 0 atom stereocenters. The summed E-state index contributed by atoms with van der Waals surface area (Å²) in [7, 11) is 0. The second-order valence-corrected chi connectivity index (χ2v) is 5.05. The van der Waals surface area contributed by atoms with Crippen molar-refractivity contribution in [2.24, 2.45) is 5.92 Å². The van der Waals surface area contributed by atoms with Crippen LogP contribution in [0.25, 0.3) is 0 Å². The Morgan fingerprint density at radius 2 is 2.11 bits per heavy atom. The van der Waals surface area contributed by atoms with E-state index >= 15 is 0 Å². The average molecular weight is 285 g/mol. The van der Waals surface area contributed by atoms with Crippen molar-refractivity contribution < 1.29 is 14.7 Å². The molecule has 0 aliphatic carbocycles. The molecule has 1 aromatic carbocycles. The SMILES string of the molecule is CC(C)CN(CC(=O)O)C(=O)Nc1cccc(Cl)c1. The van der Waals surface area contributed by atoms with E-state index in [-0.39, 0.29) is 12.5 Å². The first-order chi connectivity index (χ1) is 8.88. The second-order valence-electron chi connectivity index (χ2n) is 4.61. The summed E-state index contributed by atoms with van der Waals surface area (Å²) < 4.78 is 0. The van der Waals surface area contributed by atoms with E-state index < -0.39 is 12.0 Å². The van der Waals surface area contributed by atoms with Crippen molar-refractivity contribution in [3.05, 3.63) is 29.3 Å². The summed E-state index contributed by atoms with van der Waals surface area (Å²) in [5, 5.41) is 12.0. The number of anilines is 1. The van der Waals surface area contributed by atoms with Gasteiger partial charge in [0.05, 0.1) is 0 Å². The Hall–Kier alpha value is -1.75. The lowest BCUT2D eigenvalue weighted by molar-refractivity contribution is -0.137. The van der Waals surface area contributed by atoms with Crippen molar-refractivity contribution in [1.29, 1.82) is 0 Å². The van der Waals surface area contributed by atoms with Crippen LogP contribution in [0, 0.1) is 5.92 Å². The molecule has 0 aliphatic heterocycles. The maximum absolute atomic E-state index is 12.0. The highest BCUT2D eigenvalue weighted by atomic mass is 35.5. The second kappa shape index (κ2) is 6.99. The summed E-state index contributed by atoms with van der Waals surface area (Å²) >= 11 is 5.82. The van der Waals surface area contributed by atoms with Gasteiger partial charge in [-0.3, -0.25) is 4.79 Å². The predicted octanol–water partition coefficient (Wildman–Crippen LogP) is 2.91. The van der Waals surface area contributed by atoms with Crippen LogP contribution in [0.4, 0.5) is 10.5 Å². The van der Waals surface area contributed by atoms with E-state index in [1.54, 1.807) is 24.3 Å². The summed E-state index contributed by atoms with van der Waals surface area (Å²) in [6.07, 6.45) is 0. The molecule has 0 aromatic heterocycles. The van der Waals surface area contributed by atoms with Crippen LogP contribution in [0.2, 0.25) is 5.02 Å². The molecule has 0 bridgehead atoms. The van der Waals surface area contributed by atoms with E-state index in [4.69, 9.17) is 16.7 Å². The van der Waals surface area contributed by atoms with Crippen LogP contribution in [0.3, 0.4) is 0 Å². The number of amides is 2. The van der Waals surface area contributed by atoms with Gasteiger partial charge in [-0.25, -0.2) is 4.79 Å². The maximum atomic E-state index is 12.0. The van der Waals surface area contributed by atoms with E-state index in [0.29, 0.717) is 17.3 Å². The fourth-order valence-corrected chi connectivity index (χ4v) is 1.78. The average Bonchev–Trinajstić information content (AvgIpc) is 2.26. The minimum atomic E-state index is -1.04. The fourth-order valence-electron chi connectivity index (χ4n) is 1.59. The molecule has 19 heavy (non-hydrogen) atoms. The number of rotatable bonds is 5. The third-order valence-electron chi connectivity index (χ3n) is 2.27. The Morgan fingerprint density at radius 3 is 2.63 bits per heavy atom. The quantitative estimate of drug-likeness (QED) is 0.873. The molecule has 5 nitrogen and oxygen atoms in total. The Morgan fingerprint density at radius 1 is 1.42 bits per heavy atom. The number of carbonyl (C=O) groups is 2. The van der Waals surface area contributed by atoms with Gasteiger partial charge in [-0.05, 0) is 24.1 Å². The van der Waals surface area contributed by atoms with Gasteiger partial charge in [0.15, 0.2) is 0 Å². The van der Waals surface area contributed by atoms with Gasteiger partial charge in [0.25, 0.3) is 0 Å². The van der Waals surface area contributed by atoms with Crippen LogP contribution in [0.5, 0.6) is 0 Å². The zero-order valence-corrected chi connectivity index (χ0v) is 11.6. The van der Waals surface area contributed by atoms with Crippen LogP contribution in [-0.4, -0.2) is 35.1 Å². The first-order valence-corrected chi connectivity index (χ1v) is 6.29. The highest BCUT2D eigenvalue weighted by Crippen LogP contribution is 2.15. The Bertz CT molecular complexity index is 463. The summed E-state index contributed by atoms with van der Waals surface area (Å²) in [5.74, 6) is -0.855. The monoisotopic (exact) mass is 284 g/mol. The number of aliphatic carboxylic acids is 1. The van der Waals surface area contributed by atoms with Gasteiger partial charge in [-0.1, -0.05) is 31.5 Å². The molecule has 0 aliphatic rings. The van der Waals surface area contributed by atoms with Crippen LogP contribution >= 0.6 is 11.6 Å². The standard InChI is InChI=1S/C13H17ClN2O3/c1-9(2)7-16(8-12(17)18)13(19)15-11-5-3-4-10(14)6-11/h3-6,9H,7-8H2,1-2H3,(H,15,19)(H,17,18). The number of benzene rings is 1. The number of carboxylic acids is 1. The molecule has 0 saturated heterocycles. The van der Waals surface area contributed by atoms with Crippen molar-refractivity contribution in [2.45, 2.75) is 13.8 Å². The number of hydrogen-bond acceptors (Lipinski definition) is 2. The number of nitrogens with zero attached hydrogens (tertiary/aromatic N) is 1. The van der Waals surface area contributed by atoms with Gasteiger partial charge in [-0.2, -0.15) is 0 Å². The van der Waals surface area contributed by atoms with E-state index in [2.05, 4.69) is 5.32 Å². The molecule has 0 unspecified atom stereocenters. The summed E-state index contributed by atoms with van der Waals surface area (Å²) in [4.78, 5) is 24.0. The topological polar surface area (TPSA) is 69.6 Å². The zero-order valence-electron chi connectivity index (χ0n) is 10.9. The number of nitrogens with one attached hydrogen (secondary N) is 1. The van der Waals surface area contributed by atoms with Crippen molar-refractivity contribution in [3.63, 3.8) is 0 Å². The third kappa shape index (κ3) is 5.61. The van der Waals surface area contributed by atoms with Crippen molar-refractivity contribution in [3.8, 4) is 0 Å². The predicted molar refractivity (Wildman–Crippen MR) is 74.5 cm³/mol. The normalized spacial score (nSPS) is 10.3. The highest BCUT2D eigenvalue weighted by molar-refractivity contribution is 6.30. The van der Waals surface area contributed by atoms with Crippen molar-refractivity contribution in [2.75, 3.05) is 18.4 Å². The molecule has 104 valence electrons. The first kappa shape index (κ1) is 15.3. The van der Waals surface area contributed by atoms with Crippen molar-refractivity contribution in [1.82, 2.24) is 4.90 Å². The van der Waals surface area contributed by atoms with Crippen molar-refractivity contribution >= 4 is 29.3 Å². The van der Waals surface area contributed by atoms with E-state index in [1.807, 2.05) is 13.8 Å². The molecule has 0 spiro atoms. The number of hydrogen-bond donors (Lipinski definition) is 2. The molecule has 0 saturated carbocycles. The minimum absolute atomic E-state index is 0.185. The van der Waals surface area contributed by atoms with Crippen LogP contribution < -0.4 is 5.32 Å². The van der Waals surface area contributed by atoms with Gasteiger partial charge in [0.1, 0.15) is 6.54 Å². The largest absolute Gasteiger partial charge is 0.480 e.